The van der Waals surface area contributed by atoms with Crippen LogP contribution in [0.25, 0.3) is 22.3 Å². The predicted molar refractivity (Wildman–Crippen MR) is 147 cm³/mol. The largest absolute Gasteiger partial charge is 0.495 e. The molecule has 0 fully saturated rings. The van der Waals surface area contributed by atoms with E-state index in [-0.39, 0.29) is 27.7 Å². The van der Waals surface area contributed by atoms with Gasteiger partial charge >= 0.3 is 0 Å². The summed E-state index contributed by atoms with van der Waals surface area (Å²) in [6.45, 7) is 5.84. The molecule has 0 amide bonds. The number of ether oxygens (including phenoxy) is 2. The van der Waals surface area contributed by atoms with Crippen LogP contribution in [0.1, 0.15) is 16.7 Å². The Hall–Kier alpha value is -4.15. The maximum absolute atomic E-state index is 13.7. The van der Waals surface area contributed by atoms with Crippen molar-refractivity contribution >= 4 is 38.3 Å². The molecule has 0 spiro atoms. The Morgan fingerprint density at radius 3 is 2.47 bits per heavy atom. The van der Waals surface area contributed by atoms with Gasteiger partial charge in [-0.05, 0) is 62.2 Å². The van der Waals surface area contributed by atoms with Gasteiger partial charge in [0.25, 0.3) is 10.0 Å². The molecule has 0 radical (unpaired) electrons. The molecule has 2 aromatic carbocycles. The number of hydrogen-bond acceptors (Lipinski definition) is 7. The van der Waals surface area contributed by atoms with Crippen molar-refractivity contribution in [3.05, 3.63) is 82.9 Å². The third-order valence-electron chi connectivity index (χ3n) is 5.91. The molecule has 3 aromatic heterocycles. The number of aromatic amines is 1. The molecule has 11 heteroatoms. The normalized spacial score (nSPS) is 11.5. The Morgan fingerprint density at radius 1 is 1.00 bits per heavy atom. The lowest BCUT2D eigenvalue weighted by Gasteiger charge is -2.17. The van der Waals surface area contributed by atoms with Crippen molar-refractivity contribution in [3.63, 3.8) is 0 Å². The molecule has 0 bridgehead atoms. The van der Waals surface area contributed by atoms with Crippen LogP contribution in [0.4, 0.5) is 5.69 Å². The van der Waals surface area contributed by atoms with Gasteiger partial charge in [-0.2, -0.15) is 0 Å². The lowest BCUT2D eigenvalue weighted by molar-refractivity contribution is 0.404. The van der Waals surface area contributed by atoms with E-state index < -0.39 is 10.0 Å². The van der Waals surface area contributed by atoms with Gasteiger partial charge in [-0.15, -0.1) is 0 Å². The lowest BCUT2D eigenvalue weighted by atomic mass is 10.1. The maximum atomic E-state index is 13.7. The molecular weight excluding hydrogens is 526 g/mol. The molecule has 0 aliphatic carbocycles. The van der Waals surface area contributed by atoms with Gasteiger partial charge in [0.2, 0.25) is 5.88 Å². The molecule has 0 saturated heterocycles. The molecule has 3 heterocycles. The highest BCUT2D eigenvalue weighted by Gasteiger charge is 2.27. The zero-order chi connectivity index (χ0) is 27.0. The van der Waals surface area contributed by atoms with Crippen LogP contribution in [0.3, 0.4) is 0 Å². The molecule has 0 unspecified atom stereocenters. The Labute approximate surface area is 224 Å². The van der Waals surface area contributed by atoms with E-state index in [1.165, 1.54) is 19.6 Å². The lowest BCUT2D eigenvalue weighted by Crippen LogP contribution is -2.16. The molecule has 0 aliphatic heterocycles. The van der Waals surface area contributed by atoms with Gasteiger partial charge in [0.05, 0.1) is 29.7 Å². The number of sulfonamides is 1. The molecular formula is C27H24ClN5O4S. The second-order valence-electron chi connectivity index (χ2n) is 8.77. The van der Waals surface area contributed by atoms with Gasteiger partial charge in [-0.3, -0.25) is 9.71 Å². The number of anilines is 1. The van der Waals surface area contributed by atoms with E-state index in [0.29, 0.717) is 27.5 Å². The second kappa shape index (κ2) is 9.96. The van der Waals surface area contributed by atoms with Gasteiger partial charge in [-0.1, -0.05) is 29.3 Å². The summed E-state index contributed by atoms with van der Waals surface area (Å²) < 4.78 is 41.7. The van der Waals surface area contributed by atoms with Crippen LogP contribution in [0.2, 0.25) is 5.02 Å². The summed E-state index contributed by atoms with van der Waals surface area (Å²) in [6.07, 6.45) is 4.57. The highest BCUT2D eigenvalue weighted by molar-refractivity contribution is 7.93. The molecule has 0 atom stereocenters. The molecule has 0 aliphatic rings. The first-order valence-corrected chi connectivity index (χ1v) is 13.4. The van der Waals surface area contributed by atoms with Crippen molar-refractivity contribution in [1.29, 1.82) is 0 Å². The number of nitrogens with zero attached hydrogens (tertiary/aromatic N) is 3. The highest BCUT2D eigenvalue weighted by Crippen LogP contribution is 2.38. The van der Waals surface area contributed by atoms with E-state index in [9.17, 15) is 8.42 Å². The van der Waals surface area contributed by atoms with Crippen LogP contribution in [0, 0.1) is 20.8 Å². The number of benzene rings is 2. The first-order valence-electron chi connectivity index (χ1n) is 11.6. The van der Waals surface area contributed by atoms with E-state index in [1.807, 2.05) is 32.9 Å². The number of nitrogens with one attached hydrogen (secondary N) is 2. The van der Waals surface area contributed by atoms with Crippen LogP contribution in [-0.4, -0.2) is 35.5 Å². The topological polar surface area (TPSA) is 119 Å². The Balaban J connectivity index is 1.64. The monoisotopic (exact) mass is 549 g/mol. The number of aryl methyl sites for hydroxylation is 3. The third-order valence-corrected chi connectivity index (χ3v) is 7.53. The van der Waals surface area contributed by atoms with Gasteiger partial charge in [0.1, 0.15) is 22.7 Å². The zero-order valence-corrected chi connectivity index (χ0v) is 22.6. The number of H-pyrrole nitrogens is 1. The molecule has 5 rings (SSSR count). The maximum Gasteiger partial charge on any atom is 0.268 e. The zero-order valence-electron chi connectivity index (χ0n) is 21.0. The molecule has 2 N–H and O–H groups in total. The fourth-order valence-electron chi connectivity index (χ4n) is 4.31. The van der Waals surface area contributed by atoms with Crippen molar-refractivity contribution in [1.82, 2.24) is 19.9 Å². The van der Waals surface area contributed by atoms with Crippen LogP contribution in [-0.2, 0) is 10.0 Å². The molecule has 38 heavy (non-hydrogen) atoms. The number of hydrogen-bond donors (Lipinski definition) is 2. The average molecular weight is 550 g/mol. The van der Waals surface area contributed by atoms with Crippen LogP contribution in [0.15, 0.2) is 66.1 Å². The van der Waals surface area contributed by atoms with Gasteiger partial charge < -0.3 is 14.5 Å². The van der Waals surface area contributed by atoms with Crippen molar-refractivity contribution < 1.29 is 17.9 Å². The third kappa shape index (κ3) is 4.88. The van der Waals surface area contributed by atoms with Gasteiger partial charge in [0.15, 0.2) is 4.90 Å². The van der Waals surface area contributed by atoms with E-state index in [1.54, 1.807) is 36.5 Å². The number of fused-ring (bicyclic) bond motifs is 1. The number of aromatic nitrogens is 4. The number of imidazole rings is 1. The minimum Gasteiger partial charge on any atom is -0.495 e. The summed E-state index contributed by atoms with van der Waals surface area (Å²) in [5.74, 6) is 0.797. The molecule has 194 valence electrons. The number of rotatable bonds is 7. The number of methoxy groups -OCH3 is 1. The van der Waals surface area contributed by atoms with Crippen molar-refractivity contribution in [2.24, 2.45) is 0 Å². The van der Waals surface area contributed by atoms with Crippen molar-refractivity contribution in [2.45, 2.75) is 25.7 Å². The Bertz CT molecular complexity index is 1760. The minimum atomic E-state index is -4.19. The first-order chi connectivity index (χ1) is 18.2. The summed E-state index contributed by atoms with van der Waals surface area (Å²) in [4.78, 5) is 15.8. The van der Waals surface area contributed by atoms with E-state index in [4.69, 9.17) is 21.1 Å². The second-order valence-corrected chi connectivity index (χ2v) is 10.8. The number of pyridine rings is 2. The molecule has 0 saturated carbocycles. The Kier molecular flexibility index (Phi) is 6.68. The van der Waals surface area contributed by atoms with E-state index >= 15 is 0 Å². The Morgan fingerprint density at radius 2 is 1.76 bits per heavy atom. The number of halogens is 1. The SMILES string of the molecule is COc1ccc2[nH]cnc2c1S(=O)(=O)Nc1ccc(-c2cncc(Cl)c2)nc1Oc1c(C)cc(C)cc1C. The van der Waals surface area contributed by atoms with E-state index in [2.05, 4.69) is 24.7 Å². The standard InChI is InChI=1S/C27H24ClN5O4S/c1-15-9-16(2)25(17(3)10-15)37-27-22(6-5-20(32-27)18-11-19(28)13-29-12-18)33-38(34,35)26-23(36-4)8-7-21-24(26)31-14-30-21/h5-14,33H,1-4H3,(H,30,31). The smallest absolute Gasteiger partial charge is 0.268 e. The van der Waals surface area contributed by atoms with Crippen LogP contribution in [0.5, 0.6) is 17.4 Å². The van der Waals surface area contributed by atoms with Gasteiger partial charge in [-0.25, -0.2) is 18.4 Å². The van der Waals surface area contributed by atoms with Crippen molar-refractivity contribution in [3.8, 4) is 28.6 Å². The quantitative estimate of drug-likeness (QED) is 0.248. The van der Waals surface area contributed by atoms with Gasteiger partial charge in [0, 0.05) is 18.0 Å². The minimum absolute atomic E-state index is 0.0641. The predicted octanol–water partition coefficient (Wildman–Crippen LogP) is 6.20. The van der Waals surface area contributed by atoms with Crippen LogP contribution >= 0.6 is 11.6 Å². The summed E-state index contributed by atoms with van der Waals surface area (Å²) in [6, 6.07) is 12.2. The van der Waals surface area contributed by atoms with Crippen molar-refractivity contribution in [2.75, 3.05) is 11.8 Å². The highest BCUT2D eigenvalue weighted by atomic mass is 35.5. The summed E-state index contributed by atoms with van der Waals surface area (Å²) in [7, 11) is -2.79. The van der Waals surface area contributed by atoms with E-state index in [0.717, 1.165) is 16.7 Å². The average Bonchev–Trinajstić information content (AvgIpc) is 3.35. The molecule has 5 aromatic rings. The first kappa shape index (κ1) is 25.5. The summed E-state index contributed by atoms with van der Waals surface area (Å²) in [5.41, 5.74) is 4.95. The fourth-order valence-corrected chi connectivity index (χ4v) is 5.87. The summed E-state index contributed by atoms with van der Waals surface area (Å²) >= 11 is 6.14. The van der Waals surface area contributed by atoms with Crippen LogP contribution < -0.4 is 14.2 Å². The fraction of sp³-hybridized carbons (Fsp3) is 0.148. The summed E-state index contributed by atoms with van der Waals surface area (Å²) in [5, 5.41) is 0.445. The molecule has 9 nitrogen and oxygen atoms in total.